The highest BCUT2D eigenvalue weighted by Crippen LogP contribution is 2.20. The van der Waals surface area contributed by atoms with Crippen LogP contribution in [0, 0.1) is 5.92 Å². The van der Waals surface area contributed by atoms with E-state index in [4.69, 9.17) is 4.74 Å². The minimum absolute atomic E-state index is 0.0747. The van der Waals surface area contributed by atoms with Crippen molar-refractivity contribution in [2.45, 2.75) is 110 Å². The van der Waals surface area contributed by atoms with Gasteiger partial charge in [-0.05, 0) is 33.4 Å². The second-order valence-corrected chi connectivity index (χ2v) is 8.46. The molecule has 0 heterocycles. The summed E-state index contributed by atoms with van der Waals surface area (Å²) in [7, 11) is 3.84. The minimum atomic E-state index is -1.02. The summed E-state index contributed by atoms with van der Waals surface area (Å²) in [4.78, 5) is 14.5. The van der Waals surface area contributed by atoms with Gasteiger partial charge in [0.05, 0.1) is 12.0 Å². The molecule has 28 heavy (non-hydrogen) atoms. The zero-order chi connectivity index (χ0) is 21.2. The molecule has 0 saturated carbocycles. The third kappa shape index (κ3) is 15.3. The monoisotopic (exact) mass is 401 g/mol. The Morgan fingerprint density at radius 2 is 1.29 bits per heavy atom. The lowest BCUT2D eigenvalue weighted by Crippen LogP contribution is -2.34. The van der Waals surface area contributed by atoms with E-state index in [1.54, 1.807) is 0 Å². The van der Waals surface area contributed by atoms with Crippen LogP contribution in [-0.2, 0) is 9.53 Å². The summed E-state index contributed by atoms with van der Waals surface area (Å²) in [6.45, 7) is 4.98. The molecule has 0 aliphatic carbocycles. The van der Waals surface area contributed by atoms with Crippen molar-refractivity contribution in [3.05, 3.63) is 0 Å². The Bertz CT molecular complexity index is 349. The van der Waals surface area contributed by atoms with Gasteiger partial charge in [0.15, 0.2) is 0 Å². The predicted molar refractivity (Wildman–Crippen MR) is 116 cm³/mol. The van der Waals surface area contributed by atoms with Crippen molar-refractivity contribution in [1.29, 1.82) is 0 Å². The number of rotatable bonds is 19. The number of esters is 1. The van der Waals surface area contributed by atoms with E-state index in [-0.39, 0.29) is 18.5 Å². The van der Waals surface area contributed by atoms with Gasteiger partial charge in [-0.3, -0.25) is 4.79 Å². The van der Waals surface area contributed by atoms with E-state index < -0.39 is 12.2 Å². The molecule has 2 unspecified atom stereocenters. The third-order valence-corrected chi connectivity index (χ3v) is 5.36. The maximum absolute atomic E-state index is 12.6. The van der Waals surface area contributed by atoms with Crippen molar-refractivity contribution in [2.75, 3.05) is 27.2 Å². The van der Waals surface area contributed by atoms with Crippen LogP contribution in [0.3, 0.4) is 0 Å². The Kier molecular flexibility index (Phi) is 18.0. The second-order valence-electron chi connectivity index (χ2n) is 8.46. The normalized spacial score (nSPS) is 13.9. The van der Waals surface area contributed by atoms with Crippen LogP contribution >= 0.6 is 0 Å². The quantitative estimate of drug-likeness (QED) is 0.246. The lowest BCUT2D eigenvalue weighted by molar-refractivity contribution is -0.154. The molecule has 0 fully saturated rings. The van der Waals surface area contributed by atoms with Crippen LogP contribution in [0.5, 0.6) is 0 Å². The highest BCUT2D eigenvalue weighted by atomic mass is 16.5. The average Bonchev–Trinajstić information content (AvgIpc) is 2.67. The first-order chi connectivity index (χ1) is 13.4. The number of nitrogens with zero attached hydrogens (tertiary/aromatic N) is 1. The Balaban J connectivity index is 4.33. The molecule has 0 bridgehead atoms. The van der Waals surface area contributed by atoms with Crippen LogP contribution in [-0.4, -0.2) is 60.5 Å². The number of hydrogen-bond donors (Lipinski definition) is 2. The van der Waals surface area contributed by atoms with Crippen molar-refractivity contribution >= 4 is 5.97 Å². The lowest BCUT2D eigenvalue weighted by atomic mass is 9.94. The predicted octanol–water partition coefficient (Wildman–Crippen LogP) is 4.54. The van der Waals surface area contributed by atoms with Crippen molar-refractivity contribution in [1.82, 2.24) is 4.90 Å². The molecule has 2 atom stereocenters. The van der Waals surface area contributed by atoms with Crippen molar-refractivity contribution in [3.8, 4) is 0 Å². The Morgan fingerprint density at radius 1 is 0.786 bits per heavy atom. The first-order valence-electron chi connectivity index (χ1n) is 11.6. The van der Waals surface area contributed by atoms with E-state index >= 15 is 0 Å². The summed E-state index contributed by atoms with van der Waals surface area (Å²) in [6, 6.07) is 0. The van der Waals surface area contributed by atoms with Gasteiger partial charge in [0.1, 0.15) is 12.7 Å². The number of unbranched alkanes of at least 4 members (excludes halogenated alkanes) is 8. The maximum atomic E-state index is 12.6. The Labute approximate surface area is 173 Å². The third-order valence-electron chi connectivity index (χ3n) is 5.36. The molecule has 0 aromatic heterocycles. The average molecular weight is 402 g/mol. The summed E-state index contributed by atoms with van der Waals surface area (Å²) in [6.07, 6.45) is 12.2. The summed E-state index contributed by atoms with van der Waals surface area (Å²) >= 11 is 0. The summed E-state index contributed by atoms with van der Waals surface area (Å²) in [5.41, 5.74) is 0. The highest BCUT2D eigenvalue weighted by molar-refractivity contribution is 5.72. The molecule has 0 aliphatic rings. The van der Waals surface area contributed by atoms with Crippen LogP contribution < -0.4 is 0 Å². The molecule has 0 amide bonds. The number of ether oxygens (including phenoxy) is 1. The zero-order valence-corrected chi connectivity index (χ0v) is 19.0. The first kappa shape index (κ1) is 27.4. The maximum Gasteiger partial charge on any atom is 0.309 e. The van der Waals surface area contributed by atoms with Gasteiger partial charge >= 0.3 is 5.97 Å². The summed E-state index contributed by atoms with van der Waals surface area (Å²) in [5.74, 6) is -0.279. The molecule has 0 aliphatic heterocycles. The second kappa shape index (κ2) is 18.4. The standard InChI is InChI=1S/C23H47NO4/c1-5-7-9-11-13-15-20(16-14-12-10-8-6-2)23(27)28-19-22(26)21(25)17-18-24(3)4/h20-22,25-26H,5-19H2,1-4H3. The summed E-state index contributed by atoms with van der Waals surface area (Å²) < 4.78 is 5.39. The van der Waals surface area contributed by atoms with Gasteiger partial charge in [0.25, 0.3) is 0 Å². The van der Waals surface area contributed by atoms with E-state index in [1.165, 1.54) is 51.4 Å². The molecule has 0 aromatic carbocycles. The van der Waals surface area contributed by atoms with Gasteiger partial charge in [-0.1, -0.05) is 78.1 Å². The van der Waals surface area contributed by atoms with Gasteiger partial charge in [-0.2, -0.15) is 0 Å². The Hall–Kier alpha value is -0.650. The zero-order valence-electron chi connectivity index (χ0n) is 19.0. The topological polar surface area (TPSA) is 70.0 Å². The van der Waals surface area contributed by atoms with E-state index in [2.05, 4.69) is 13.8 Å². The number of hydrogen-bond acceptors (Lipinski definition) is 5. The van der Waals surface area contributed by atoms with Gasteiger partial charge in [0.2, 0.25) is 0 Å². The number of carbonyl (C=O) groups excluding carboxylic acids is 1. The molecule has 5 heteroatoms. The highest BCUT2D eigenvalue weighted by Gasteiger charge is 2.23. The van der Waals surface area contributed by atoms with Crippen LogP contribution in [0.1, 0.15) is 97.3 Å². The van der Waals surface area contributed by atoms with E-state index in [9.17, 15) is 15.0 Å². The van der Waals surface area contributed by atoms with Crippen LogP contribution in [0.4, 0.5) is 0 Å². The van der Waals surface area contributed by atoms with Crippen molar-refractivity contribution < 1.29 is 19.7 Å². The van der Waals surface area contributed by atoms with Gasteiger partial charge in [-0.15, -0.1) is 0 Å². The largest absolute Gasteiger partial charge is 0.463 e. The number of aliphatic hydroxyl groups excluding tert-OH is 2. The minimum Gasteiger partial charge on any atom is -0.463 e. The molecule has 0 saturated heterocycles. The smallest absolute Gasteiger partial charge is 0.309 e. The lowest BCUT2D eigenvalue weighted by Gasteiger charge is -2.21. The SMILES string of the molecule is CCCCCCCC(CCCCCCC)C(=O)OCC(O)C(O)CCN(C)C. The van der Waals surface area contributed by atoms with Crippen LogP contribution in [0.25, 0.3) is 0 Å². The van der Waals surface area contributed by atoms with Gasteiger partial charge in [-0.25, -0.2) is 0 Å². The fourth-order valence-electron chi connectivity index (χ4n) is 3.35. The van der Waals surface area contributed by atoms with Crippen molar-refractivity contribution in [3.63, 3.8) is 0 Å². The van der Waals surface area contributed by atoms with Crippen molar-refractivity contribution in [2.24, 2.45) is 5.92 Å². The summed E-state index contributed by atoms with van der Waals surface area (Å²) in [5, 5.41) is 20.1. The fraction of sp³-hybridized carbons (Fsp3) is 0.957. The van der Waals surface area contributed by atoms with E-state index in [0.717, 1.165) is 25.7 Å². The molecule has 5 nitrogen and oxygen atoms in total. The Morgan fingerprint density at radius 3 is 1.75 bits per heavy atom. The first-order valence-corrected chi connectivity index (χ1v) is 11.6. The van der Waals surface area contributed by atoms with Crippen LogP contribution in [0.2, 0.25) is 0 Å². The van der Waals surface area contributed by atoms with Gasteiger partial charge in [0, 0.05) is 6.54 Å². The van der Waals surface area contributed by atoms with Crippen LogP contribution in [0.15, 0.2) is 0 Å². The van der Waals surface area contributed by atoms with Gasteiger partial charge < -0.3 is 19.8 Å². The fourth-order valence-corrected chi connectivity index (χ4v) is 3.35. The van der Waals surface area contributed by atoms with E-state index in [0.29, 0.717) is 13.0 Å². The van der Waals surface area contributed by atoms with E-state index in [1.807, 2.05) is 19.0 Å². The molecular formula is C23H47NO4. The molecule has 0 radical (unpaired) electrons. The molecule has 0 aromatic rings. The molecule has 0 rings (SSSR count). The number of carbonyl (C=O) groups is 1. The molecule has 0 spiro atoms. The molecular weight excluding hydrogens is 354 g/mol. The number of aliphatic hydroxyl groups is 2. The molecule has 168 valence electrons. The molecule has 2 N–H and O–H groups in total.